The van der Waals surface area contributed by atoms with Crippen molar-refractivity contribution in [2.45, 2.75) is 18.9 Å². The van der Waals surface area contributed by atoms with Gasteiger partial charge in [0.15, 0.2) is 0 Å². The van der Waals surface area contributed by atoms with Crippen molar-refractivity contribution >= 4 is 0 Å². The number of pyridine rings is 1. The first-order valence-corrected chi connectivity index (χ1v) is 5.91. The summed E-state index contributed by atoms with van der Waals surface area (Å²) in [6, 6.07) is 2.21. The van der Waals surface area contributed by atoms with E-state index in [-0.39, 0.29) is 12.7 Å². The fourth-order valence-electron chi connectivity index (χ4n) is 1.77. The van der Waals surface area contributed by atoms with E-state index < -0.39 is 0 Å². The normalized spacial score (nSPS) is 18.5. The number of nitrogens with zero attached hydrogens (tertiary/aromatic N) is 1. The van der Waals surface area contributed by atoms with E-state index in [1.165, 1.54) is 0 Å². The van der Waals surface area contributed by atoms with Crippen LogP contribution < -0.4 is 10.1 Å². The van der Waals surface area contributed by atoms with Crippen molar-refractivity contribution in [1.29, 1.82) is 0 Å². The first-order chi connectivity index (χ1) is 8.38. The SMILES string of the molecule is [18F]CCCc1cncc(OC[C@@H]2C=CCN2)c1. The minimum Gasteiger partial charge on any atom is -0.490 e. The first-order valence-electron chi connectivity index (χ1n) is 5.91. The average Bonchev–Trinajstić information content (AvgIpc) is 2.87. The van der Waals surface area contributed by atoms with Crippen molar-refractivity contribution in [3.05, 3.63) is 36.2 Å². The summed E-state index contributed by atoms with van der Waals surface area (Å²) in [5.74, 6) is 0.753. The Balaban J connectivity index is 1.84. The molecule has 0 bridgehead atoms. The van der Waals surface area contributed by atoms with Crippen LogP contribution >= 0.6 is 0 Å². The summed E-state index contributed by atoms with van der Waals surface area (Å²) in [6.07, 6.45) is 8.89. The molecule has 1 N–H and O–H groups in total. The molecule has 0 saturated heterocycles. The number of hydrogen-bond donors (Lipinski definition) is 1. The Morgan fingerprint density at radius 2 is 2.41 bits per heavy atom. The molecule has 1 aliphatic heterocycles. The molecular weight excluding hydrogens is 218 g/mol. The molecule has 0 unspecified atom stereocenters. The van der Waals surface area contributed by atoms with Gasteiger partial charge in [0.2, 0.25) is 0 Å². The predicted molar refractivity (Wildman–Crippen MR) is 65.0 cm³/mol. The van der Waals surface area contributed by atoms with Crippen LogP contribution in [0.3, 0.4) is 0 Å². The van der Waals surface area contributed by atoms with Gasteiger partial charge in [-0.25, -0.2) is 0 Å². The smallest absolute Gasteiger partial charge is 0.137 e. The van der Waals surface area contributed by atoms with Gasteiger partial charge >= 0.3 is 0 Å². The molecule has 4 heteroatoms. The summed E-state index contributed by atoms with van der Waals surface area (Å²) < 4.78 is 17.7. The zero-order valence-electron chi connectivity index (χ0n) is 9.73. The van der Waals surface area contributed by atoms with E-state index in [2.05, 4.69) is 22.5 Å². The lowest BCUT2D eigenvalue weighted by molar-refractivity contribution is 0.292. The molecule has 1 atom stereocenters. The molecule has 3 nitrogen and oxygen atoms in total. The molecule has 0 saturated carbocycles. The number of ether oxygens (including phenoxy) is 1. The van der Waals surface area contributed by atoms with E-state index >= 15 is 0 Å². The third-order valence-electron chi connectivity index (χ3n) is 2.66. The highest BCUT2D eigenvalue weighted by Gasteiger charge is 2.08. The molecule has 2 heterocycles. The number of aryl methyl sites for hydroxylation is 1. The van der Waals surface area contributed by atoms with Crippen LogP contribution in [0.25, 0.3) is 0 Å². The van der Waals surface area contributed by atoms with Crippen LogP contribution in [-0.4, -0.2) is 30.9 Å². The van der Waals surface area contributed by atoms with E-state index in [1.54, 1.807) is 12.4 Å². The second-order valence-electron chi connectivity index (χ2n) is 4.08. The number of nitrogens with one attached hydrogen (secondary N) is 1. The molecule has 0 amide bonds. The first kappa shape index (κ1) is 12.0. The van der Waals surface area contributed by atoms with Crippen molar-refractivity contribution in [1.82, 2.24) is 10.3 Å². The number of halogens is 1. The molecule has 1 aromatic heterocycles. The van der Waals surface area contributed by atoms with Gasteiger partial charge in [0.05, 0.1) is 18.9 Å². The van der Waals surface area contributed by atoms with Crippen molar-refractivity contribution in [3.63, 3.8) is 0 Å². The molecule has 0 aliphatic carbocycles. The number of rotatable bonds is 6. The second-order valence-corrected chi connectivity index (χ2v) is 4.08. The summed E-state index contributed by atoms with van der Waals surface area (Å²) in [5, 5.41) is 3.27. The van der Waals surface area contributed by atoms with E-state index in [0.29, 0.717) is 19.4 Å². The zero-order chi connectivity index (χ0) is 11.9. The lowest BCUT2D eigenvalue weighted by Crippen LogP contribution is -2.28. The minimum atomic E-state index is -0.290. The monoisotopic (exact) mass is 235 g/mol. The average molecular weight is 235 g/mol. The minimum absolute atomic E-state index is 0.282. The van der Waals surface area contributed by atoms with Crippen LogP contribution in [0.4, 0.5) is 4.39 Å². The molecule has 1 aliphatic rings. The molecule has 0 radical (unpaired) electrons. The third-order valence-corrected chi connectivity index (χ3v) is 2.66. The number of alkyl halides is 1. The Labute approximate surface area is 101 Å². The largest absolute Gasteiger partial charge is 0.490 e. The fourth-order valence-corrected chi connectivity index (χ4v) is 1.77. The molecule has 0 fully saturated rings. The van der Waals surface area contributed by atoms with Gasteiger partial charge in [0.1, 0.15) is 12.4 Å². The number of hydrogen-bond acceptors (Lipinski definition) is 3. The lowest BCUT2D eigenvalue weighted by atomic mass is 10.2. The summed E-state index contributed by atoms with van der Waals surface area (Å²) >= 11 is 0. The van der Waals surface area contributed by atoms with E-state index in [1.807, 2.05) is 6.07 Å². The zero-order valence-corrected chi connectivity index (χ0v) is 9.73. The van der Waals surface area contributed by atoms with Crippen LogP contribution in [0.2, 0.25) is 0 Å². The van der Waals surface area contributed by atoms with Crippen LogP contribution in [0, 0.1) is 0 Å². The van der Waals surface area contributed by atoms with Crippen LogP contribution in [0.5, 0.6) is 5.75 Å². The highest BCUT2D eigenvalue weighted by Crippen LogP contribution is 2.13. The molecule has 0 spiro atoms. The van der Waals surface area contributed by atoms with Gasteiger partial charge < -0.3 is 10.1 Å². The fraction of sp³-hybridized carbons (Fsp3) is 0.462. The quantitative estimate of drug-likeness (QED) is 0.765. The summed E-state index contributed by atoms with van der Waals surface area (Å²) in [5.41, 5.74) is 1.02. The maximum atomic E-state index is 12.1. The van der Waals surface area contributed by atoms with Gasteiger partial charge in [0, 0.05) is 12.7 Å². The van der Waals surface area contributed by atoms with Crippen LogP contribution in [-0.2, 0) is 6.42 Å². The lowest BCUT2D eigenvalue weighted by Gasteiger charge is -2.11. The molecule has 2 rings (SSSR count). The Morgan fingerprint density at radius 3 is 3.18 bits per heavy atom. The Hall–Kier alpha value is -1.42. The predicted octanol–water partition coefficient (Wildman–Crippen LogP) is 1.89. The van der Waals surface area contributed by atoms with Gasteiger partial charge in [-0.05, 0) is 24.5 Å². The maximum Gasteiger partial charge on any atom is 0.137 e. The molecule has 17 heavy (non-hydrogen) atoms. The topological polar surface area (TPSA) is 34.1 Å². The van der Waals surface area contributed by atoms with Gasteiger partial charge in [-0.2, -0.15) is 0 Å². The van der Waals surface area contributed by atoms with E-state index in [0.717, 1.165) is 17.9 Å². The molecule has 92 valence electrons. The standard InChI is InChI=1S/C13H17FN2O/c14-5-1-3-11-7-13(9-15-8-11)17-10-12-4-2-6-16-12/h2,4,7-9,12,16H,1,3,5-6,10H2/t12-/m0/s1/i14-1. The van der Waals surface area contributed by atoms with Gasteiger partial charge in [0.25, 0.3) is 0 Å². The van der Waals surface area contributed by atoms with Gasteiger partial charge in [-0.1, -0.05) is 12.2 Å². The summed E-state index contributed by atoms with van der Waals surface area (Å²) in [4.78, 5) is 4.10. The summed E-state index contributed by atoms with van der Waals surface area (Å²) in [6.45, 7) is 1.22. The molecular formula is C13H17FN2O. The van der Waals surface area contributed by atoms with Crippen molar-refractivity contribution in [2.75, 3.05) is 19.8 Å². The highest BCUT2D eigenvalue weighted by atomic mass is 18.2. The third kappa shape index (κ3) is 3.82. The van der Waals surface area contributed by atoms with Crippen LogP contribution in [0.15, 0.2) is 30.6 Å². The Bertz CT molecular complexity index is 381. The van der Waals surface area contributed by atoms with Crippen molar-refractivity contribution < 1.29 is 9.13 Å². The Kier molecular flexibility index (Phi) is 4.50. The molecule has 1 aromatic rings. The van der Waals surface area contributed by atoms with Gasteiger partial charge in [-0.3, -0.25) is 9.37 Å². The van der Waals surface area contributed by atoms with Crippen molar-refractivity contribution in [2.24, 2.45) is 0 Å². The maximum absolute atomic E-state index is 12.1. The van der Waals surface area contributed by atoms with Crippen molar-refractivity contribution in [3.8, 4) is 5.75 Å². The van der Waals surface area contributed by atoms with Crippen LogP contribution in [0.1, 0.15) is 12.0 Å². The second kappa shape index (κ2) is 6.35. The summed E-state index contributed by atoms with van der Waals surface area (Å²) in [7, 11) is 0. The molecule has 0 aromatic carbocycles. The Morgan fingerprint density at radius 1 is 1.47 bits per heavy atom. The van der Waals surface area contributed by atoms with E-state index in [4.69, 9.17) is 4.74 Å². The number of aromatic nitrogens is 1. The van der Waals surface area contributed by atoms with Gasteiger partial charge in [-0.15, -0.1) is 0 Å². The van der Waals surface area contributed by atoms with E-state index in [9.17, 15) is 4.39 Å². The highest BCUT2D eigenvalue weighted by molar-refractivity contribution is 5.24.